The van der Waals surface area contributed by atoms with Gasteiger partial charge >= 0.3 is 23.9 Å². The van der Waals surface area contributed by atoms with Gasteiger partial charge in [0.05, 0.1) is 5.92 Å². The fourth-order valence-corrected chi connectivity index (χ4v) is 5.36. The van der Waals surface area contributed by atoms with Crippen LogP contribution in [0.1, 0.15) is 60.8 Å². The Bertz CT molecular complexity index is 979. The highest BCUT2D eigenvalue weighted by Gasteiger charge is 2.75. The highest BCUT2D eigenvalue weighted by molar-refractivity contribution is 6.04. The van der Waals surface area contributed by atoms with Crippen molar-refractivity contribution < 1.29 is 53.1 Å². The minimum absolute atomic E-state index is 0.0157. The number of carbonyl (C=O) groups excluding carboxylic acids is 5. The zero-order chi connectivity index (χ0) is 25.8. The Kier molecular flexibility index (Phi) is 6.42. The zero-order valence-corrected chi connectivity index (χ0v) is 20.0. The number of hydrogen-bond donors (Lipinski definition) is 2. The lowest BCUT2D eigenvalue weighted by atomic mass is 9.75. The summed E-state index contributed by atoms with van der Waals surface area (Å²) in [5.41, 5.74) is -6.69. The third-order valence-electron chi connectivity index (χ3n) is 6.92. The smallest absolute Gasteiger partial charge is 0.341 e. The fourth-order valence-electron chi connectivity index (χ4n) is 5.36. The summed E-state index contributed by atoms with van der Waals surface area (Å²) in [7, 11) is 0. The predicted octanol–water partition coefficient (Wildman–Crippen LogP) is 0.278. The minimum Gasteiger partial charge on any atom is -0.459 e. The fraction of sp³-hybridized carbons (Fsp3) is 0.696. The first kappa shape index (κ1) is 25.8. The maximum Gasteiger partial charge on any atom is 0.341 e. The summed E-state index contributed by atoms with van der Waals surface area (Å²) in [5.74, 6) is -5.23. The van der Waals surface area contributed by atoms with Gasteiger partial charge in [0.2, 0.25) is 0 Å². The molecule has 34 heavy (non-hydrogen) atoms. The molecule has 7 atom stereocenters. The van der Waals surface area contributed by atoms with E-state index in [4.69, 9.17) is 18.9 Å². The highest BCUT2D eigenvalue weighted by atomic mass is 16.6. The van der Waals surface area contributed by atoms with Crippen LogP contribution >= 0.6 is 0 Å². The van der Waals surface area contributed by atoms with Gasteiger partial charge in [-0.3, -0.25) is 19.2 Å². The molecule has 188 valence electrons. The monoisotopic (exact) mass is 482 g/mol. The van der Waals surface area contributed by atoms with Crippen LogP contribution in [0.15, 0.2) is 11.1 Å². The first-order chi connectivity index (χ1) is 15.6. The molecular formula is C23H30O11. The van der Waals surface area contributed by atoms with Gasteiger partial charge in [-0.15, -0.1) is 0 Å². The molecule has 2 N–H and O–H groups in total. The van der Waals surface area contributed by atoms with E-state index in [0.29, 0.717) is 6.42 Å². The second-order valence-electron chi connectivity index (χ2n) is 9.47. The second kappa shape index (κ2) is 8.46. The van der Waals surface area contributed by atoms with E-state index in [1.165, 1.54) is 13.8 Å². The van der Waals surface area contributed by atoms with Crippen LogP contribution in [0.2, 0.25) is 0 Å². The molecule has 0 amide bonds. The van der Waals surface area contributed by atoms with Crippen LogP contribution < -0.4 is 0 Å². The standard InChI is InChI=1S/C23H30O11/c1-7-8-14(26)32-13-9-21(5,34-12(4)25)16-15(10(2)17(27)18(16)31-11(3)24)19-23(13,30)22(6,29)20(28)33-19/h13,16,18-19,29-30H,7-9H2,1-6H3/t13-,16+,18-,19-,21-,22+,23+/m0/s1. The topological polar surface area (TPSA) is 163 Å². The summed E-state index contributed by atoms with van der Waals surface area (Å²) in [6, 6.07) is 0. The van der Waals surface area contributed by atoms with Gasteiger partial charge < -0.3 is 29.2 Å². The van der Waals surface area contributed by atoms with Crippen molar-refractivity contribution in [3.05, 3.63) is 11.1 Å². The normalized spacial score (nSPS) is 39.1. The van der Waals surface area contributed by atoms with Gasteiger partial charge in [0.15, 0.2) is 29.2 Å². The zero-order valence-electron chi connectivity index (χ0n) is 20.0. The number of esters is 4. The van der Waals surface area contributed by atoms with Crippen molar-refractivity contribution in [2.24, 2.45) is 5.92 Å². The molecule has 11 heteroatoms. The van der Waals surface area contributed by atoms with Gasteiger partial charge in [-0.25, -0.2) is 4.79 Å². The summed E-state index contributed by atoms with van der Waals surface area (Å²) < 4.78 is 21.9. The molecule has 3 aliphatic rings. The maximum absolute atomic E-state index is 13.1. The first-order valence-corrected chi connectivity index (χ1v) is 11.1. The van der Waals surface area contributed by atoms with Gasteiger partial charge in [0.1, 0.15) is 11.7 Å². The summed E-state index contributed by atoms with van der Waals surface area (Å²) >= 11 is 0. The van der Waals surface area contributed by atoms with Crippen molar-refractivity contribution in [3.63, 3.8) is 0 Å². The van der Waals surface area contributed by atoms with E-state index in [1.54, 1.807) is 6.92 Å². The maximum atomic E-state index is 13.1. The minimum atomic E-state index is -2.54. The first-order valence-electron chi connectivity index (χ1n) is 11.1. The van der Waals surface area contributed by atoms with Crippen molar-refractivity contribution in [3.8, 4) is 0 Å². The van der Waals surface area contributed by atoms with Gasteiger partial charge in [-0.05, 0) is 38.3 Å². The van der Waals surface area contributed by atoms with Gasteiger partial charge in [0, 0.05) is 26.7 Å². The molecule has 1 heterocycles. The molecule has 11 nitrogen and oxygen atoms in total. The number of ether oxygens (including phenoxy) is 4. The van der Waals surface area contributed by atoms with E-state index in [1.807, 2.05) is 0 Å². The second-order valence-corrected chi connectivity index (χ2v) is 9.47. The SMILES string of the molecule is CCCC(=O)O[C@H]1C[C@](C)(OC(C)=O)[C@@H]2C(=C(C)C(=O)[C@H]2OC(C)=O)[C@@H]2OC(=O)[C@@](C)(O)[C@@]12O. The average molecular weight is 482 g/mol. The van der Waals surface area contributed by atoms with Crippen LogP contribution in [0, 0.1) is 5.92 Å². The lowest BCUT2D eigenvalue weighted by molar-refractivity contribution is -0.211. The molecule has 0 radical (unpaired) electrons. The molecule has 0 spiro atoms. The number of ketones is 1. The number of carbonyl (C=O) groups is 5. The molecule has 0 aromatic heterocycles. The molecule has 2 aliphatic carbocycles. The molecule has 2 fully saturated rings. The van der Waals surface area contributed by atoms with Crippen LogP contribution in [0.4, 0.5) is 0 Å². The van der Waals surface area contributed by atoms with E-state index in [2.05, 4.69) is 0 Å². The van der Waals surface area contributed by atoms with E-state index in [9.17, 15) is 34.2 Å². The van der Waals surface area contributed by atoms with Crippen LogP contribution in [-0.4, -0.2) is 75.0 Å². The number of aliphatic hydroxyl groups is 2. The number of hydrogen-bond acceptors (Lipinski definition) is 11. The average Bonchev–Trinajstić information content (AvgIpc) is 3.01. The number of rotatable bonds is 5. The number of fused-ring (bicyclic) bond motifs is 3. The van der Waals surface area contributed by atoms with Crippen molar-refractivity contribution in [1.29, 1.82) is 0 Å². The molecule has 3 rings (SSSR count). The van der Waals surface area contributed by atoms with Crippen LogP contribution in [-0.2, 0) is 42.9 Å². The lowest BCUT2D eigenvalue weighted by Gasteiger charge is -2.41. The van der Waals surface area contributed by atoms with Gasteiger partial charge in [-0.1, -0.05) is 6.92 Å². The van der Waals surface area contributed by atoms with E-state index >= 15 is 0 Å². The third kappa shape index (κ3) is 3.70. The molecule has 0 aromatic carbocycles. The molecular weight excluding hydrogens is 452 g/mol. The Labute approximate surface area is 196 Å². The molecule has 0 unspecified atom stereocenters. The largest absolute Gasteiger partial charge is 0.459 e. The quantitative estimate of drug-likeness (QED) is 0.409. The Balaban J connectivity index is 2.29. The summed E-state index contributed by atoms with van der Waals surface area (Å²) in [4.78, 5) is 62.2. The van der Waals surface area contributed by atoms with E-state index in [-0.39, 0.29) is 17.6 Å². The van der Waals surface area contributed by atoms with E-state index in [0.717, 1.165) is 20.8 Å². The van der Waals surface area contributed by atoms with Crippen LogP contribution in [0.5, 0.6) is 0 Å². The lowest BCUT2D eigenvalue weighted by Crippen LogP contribution is -2.64. The summed E-state index contributed by atoms with van der Waals surface area (Å²) in [5, 5.41) is 23.0. The molecule has 1 aliphatic heterocycles. The van der Waals surface area contributed by atoms with Crippen molar-refractivity contribution >= 4 is 29.7 Å². The molecule has 1 saturated carbocycles. The van der Waals surface area contributed by atoms with Gasteiger partial charge in [-0.2, -0.15) is 0 Å². The van der Waals surface area contributed by atoms with Crippen LogP contribution in [0.3, 0.4) is 0 Å². The van der Waals surface area contributed by atoms with Gasteiger partial charge in [0.25, 0.3) is 0 Å². The number of Topliss-reactive ketones (excluding diaryl/α,β-unsaturated/α-hetero) is 1. The Morgan fingerprint density at radius 1 is 1.09 bits per heavy atom. The third-order valence-corrected chi connectivity index (χ3v) is 6.92. The van der Waals surface area contributed by atoms with Crippen molar-refractivity contribution in [1.82, 2.24) is 0 Å². The predicted molar refractivity (Wildman–Crippen MR) is 112 cm³/mol. The molecule has 0 aromatic rings. The Hall–Kier alpha value is -2.79. The summed E-state index contributed by atoms with van der Waals surface area (Å²) in [6.45, 7) is 7.84. The Morgan fingerprint density at radius 3 is 2.24 bits per heavy atom. The Morgan fingerprint density at radius 2 is 1.71 bits per heavy atom. The van der Waals surface area contributed by atoms with Crippen molar-refractivity contribution in [2.45, 2.75) is 95.9 Å². The van der Waals surface area contributed by atoms with E-state index < -0.39 is 77.1 Å². The highest BCUT2D eigenvalue weighted by Crippen LogP contribution is 2.56. The molecule has 1 saturated heterocycles. The van der Waals surface area contributed by atoms with Crippen LogP contribution in [0.25, 0.3) is 0 Å². The van der Waals surface area contributed by atoms with Crippen molar-refractivity contribution in [2.75, 3.05) is 0 Å². The molecule has 0 bridgehead atoms. The summed E-state index contributed by atoms with van der Waals surface area (Å²) in [6.07, 6.45) is -4.68.